The van der Waals surface area contributed by atoms with Gasteiger partial charge >= 0.3 is 5.76 Å². The number of hydrogen-bond acceptors (Lipinski definition) is 2. The molecule has 0 atom stereocenters. The Morgan fingerprint density at radius 1 is 1.42 bits per heavy atom. The van der Waals surface area contributed by atoms with Crippen LogP contribution in [0.1, 0.15) is 31.7 Å². The van der Waals surface area contributed by atoms with E-state index in [1.807, 2.05) is 6.92 Å². The molecule has 0 spiro atoms. The Morgan fingerprint density at radius 2 is 2.08 bits per heavy atom. The van der Waals surface area contributed by atoms with Crippen LogP contribution in [0.25, 0.3) is 0 Å². The topological polar surface area (TPSA) is 35.1 Å². The highest BCUT2D eigenvalue weighted by atomic mass is 16.4. The van der Waals surface area contributed by atoms with Crippen LogP contribution in [0, 0.1) is 0 Å². The Kier molecular flexibility index (Phi) is 2.74. The zero-order valence-corrected chi connectivity index (χ0v) is 7.89. The maximum atomic E-state index is 11.1. The summed E-state index contributed by atoms with van der Waals surface area (Å²) < 4.78 is 6.65. The van der Waals surface area contributed by atoms with Crippen molar-refractivity contribution < 1.29 is 4.42 Å². The van der Waals surface area contributed by atoms with Gasteiger partial charge in [0.05, 0.1) is 5.69 Å². The predicted molar refractivity (Wildman–Crippen MR) is 47.3 cm³/mol. The summed E-state index contributed by atoms with van der Waals surface area (Å²) in [5.41, 5.74) is 1.05. The molecule has 3 nitrogen and oxygen atoms in total. The first-order valence-corrected chi connectivity index (χ1v) is 4.38. The minimum atomic E-state index is -0.240. The Balaban J connectivity index is 3.12. The first-order valence-electron chi connectivity index (χ1n) is 4.38. The zero-order chi connectivity index (χ0) is 9.14. The van der Waals surface area contributed by atoms with E-state index in [0.29, 0.717) is 0 Å². The van der Waals surface area contributed by atoms with Gasteiger partial charge in [0, 0.05) is 13.5 Å². The molecule has 3 heteroatoms. The maximum Gasteiger partial charge on any atom is 0.419 e. The van der Waals surface area contributed by atoms with Crippen molar-refractivity contribution in [2.45, 2.75) is 33.1 Å². The molecule has 0 aliphatic rings. The van der Waals surface area contributed by atoms with E-state index in [1.165, 1.54) is 0 Å². The molecule has 1 aromatic rings. The van der Waals surface area contributed by atoms with Crippen LogP contribution in [0.2, 0.25) is 0 Å². The van der Waals surface area contributed by atoms with Crippen molar-refractivity contribution in [2.24, 2.45) is 7.05 Å². The normalized spacial score (nSPS) is 10.6. The van der Waals surface area contributed by atoms with Crippen LogP contribution in [0.3, 0.4) is 0 Å². The van der Waals surface area contributed by atoms with Gasteiger partial charge < -0.3 is 4.42 Å². The predicted octanol–water partition coefficient (Wildman–Crippen LogP) is 1.49. The summed E-state index contributed by atoms with van der Waals surface area (Å²) >= 11 is 0. The van der Waals surface area contributed by atoms with Crippen LogP contribution in [0.15, 0.2) is 9.21 Å². The van der Waals surface area contributed by atoms with E-state index >= 15 is 0 Å². The van der Waals surface area contributed by atoms with Crippen molar-refractivity contribution in [1.82, 2.24) is 4.57 Å². The van der Waals surface area contributed by atoms with E-state index < -0.39 is 0 Å². The molecule has 0 bridgehead atoms. The Labute approximate surface area is 72.0 Å². The molecular formula is C9H15NO2. The van der Waals surface area contributed by atoms with Crippen LogP contribution in [0.4, 0.5) is 0 Å². The fraction of sp³-hybridized carbons (Fsp3) is 0.667. The average Bonchev–Trinajstić information content (AvgIpc) is 2.33. The summed E-state index contributed by atoms with van der Waals surface area (Å²) in [7, 11) is 1.76. The largest absolute Gasteiger partial charge is 0.419 e. The molecule has 0 N–H and O–H groups in total. The molecule has 0 amide bonds. The highest BCUT2D eigenvalue weighted by Crippen LogP contribution is 2.09. The minimum absolute atomic E-state index is 0.240. The van der Waals surface area contributed by atoms with E-state index in [4.69, 9.17) is 4.42 Å². The molecule has 0 aliphatic heterocycles. The second-order valence-electron chi connectivity index (χ2n) is 2.90. The molecule has 1 aromatic heterocycles. The molecule has 0 saturated carbocycles. The van der Waals surface area contributed by atoms with Gasteiger partial charge in [-0.2, -0.15) is 0 Å². The Bertz CT molecular complexity index is 309. The van der Waals surface area contributed by atoms with Gasteiger partial charge in [0.2, 0.25) is 0 Å². The summed E-state index contributed by atoms with van der Waals surface area (Å²) in [4.78, 5) is 11.1. The molecule has 1 rings (SSSR count). The third kappa shape index (κ3) is 1.44. The van der Waals surface area contributed by atoms with Gasteiger partial charge in [0.25, 0.3) is 0 Å². The smallest absolute Gasteiger partial charge is 0.413 e. The summed E-state index contributed by atoms with van der Waals surface area (Å²) in [6.45, 7) is 4.09. The quantitative estimate of drug-likeness (QED) is 0.687. The lowest BCUT2D eigenvalue weighted by atomic mass is 10.2. The van der Waals surface area contributed by atoms with E-state index in [2.05, 4.69) is 6.92 Å². The lowest BCUT2D eigenvalue weighted by Gasteiger charge is -1.98. The van der Waals surface area contributed by atoms with Crippen LogP contribution in [-0.4, -0.2) is 4.57 Å². The second kappa shape index (κ2) is 3.61. The molecule has 0 fully saturated rings. The molecule has 0 radical (unpaired) electrons. The molecule has 1 heterocycles. The number of oxazole rings is 1. The van der Waals surface area contributed by atoms with Crippen molar-refractivity contribution in [3.63, 3.8) is 0 Å². The molecule has 0 aliphatic carbocycles. The van der Waals surface area contributed by atoms with Gasteiger partial charge in [-0.3, -0.25) is 4.57 Å². The lowest BCUT2D eigenvalue weighted by molar-refractivity contribution is 0.459. The van der Waals surface area contributed by atoms with Crippen molar-refractivity contribution in [1.29, 1.82) is 0 Å². The fourth-order valence-electron chi connectivity index (χ4n) is 1.35. The molecule has 0 unspecified atom stereocenters. The SMILES string of the molecule is CCCc1c(CC)oc(=O)n1C. The van der Waals surface area contributed by atoms with Gasteiger partial charge in [0.1, 0.15) is 5.76 Å². The number of aryl methyl sites for hydroxylation is 1. The Hall–Kier alpha value is -0.990. The van der Waals surface area contributed by atoms with Gasteiger partial charge in [-0.25, -0.2) is 4.79 Å². The van der Waals surface area contributed by atoms with E-state index in [-0.39, 0.29) is 5.76 Å². The third-order valence-electron chi connectivity index (χ3n) is 2.02. The highest BCUT2D eigenvalue weighted by Gasteiger charge is 2.10. The number of rotatable bonds is 3. The first kappa shape index (κ1) is 9.10. The number of aromatic nitrogens is 1. The number of nitrogens with zero attached hydrogens (tertiary/aromatic N) is 1. The van der Waals surface area contributed by atoms with E-state index in [9.17, 15) is 4.79 Å². The standard InChI is InChI=1S/C9H15NO2/c1-4-6-7-8(5-2)12-9(11)10(7)3/h4-6H2,1-3H3. The Morgan fingerprint density at radius 3 is 2.58 bits per heavy atom. The third-order valence-corrected chi connectivity index (χ3v) is 2.02. The van der Waals surface area contributed by atoms with Gasteiger partial charge in [0.15, 0.2) is 0 Å². The summed E-state index contributed by atoms with van der Waals surface area (Å²) in [6.07, 6.45) is 2.76. The molecule has 0 aromatic carbocycles. The second-order valence-corrected chi connectivity index (χ2v) is 2.90. The highest BCUT2D eigenvalue weighted by molar-refractivity contribution is 5.09. The first-order chi connectivity index (χ1) is 5.70. The minimum Gasteiger partial charge on any atom is -0.413 e. The van der Waals surface area contributed by atoms with Crippen molar-refractivity contribution in [2.75, 3.05) is 0 Å². The lowest BCUT2D eigenvalue weighted by Crippen LogP contribution is -2.11. The van der Waals surface area contributed by atoms with Crippen LogP contribution in [-0.2, 0) is 19.9 Å². The number of hydrogen-bond donors (Lipinski definition) is 0. The van der Waals surface area contributed by atoms with Crippen molar-refractivity contribution in [3.05, 3.63) is 22.0 Å². The van der Waals surface area contributed by atoms with E-state index in [1.54, 1.807) is 11.6 Å². The molecular weight excluding hydrogens is 154 g/mol. The van der Waals surface area contributed by atoms with Crippen molar-refractivity contribution >= 4 is 0 Å². The van der Waals surface area contributed by atoms with Crippen LogP contribution in [0.5, 0.6) is 0 Å². The van der Waals surface area contributed by atoms with Gasteiger partial charge in [-0.05, 0) is 6.42 Å². The van der Waals surface area contributed by atoms with Gasteiger partial charge in [-0.15, -0.1) is 0 Å². The molecule has 12 heavy (non-hydrogen) atoms. The molecule has 68 valence electrons. The monoisotopic (exact) mass is 169 g/mol. The molecule has 0 saturated heterocycles. The van der Waals surface area contributed by atoms with Gasteiger partial charge in [-0.1, -0.05) is 20.3 Å². The summed E-state index contributed by atoms with van der Waals surface area (Å²) in [5, 5.41) is 0. The average molecular weight is 169 g/mol. The fourth-order valence-corrected chi connectivity index (χ4v) is 1.35. The van der Waals surface area contributed by atoms with Crippen LogP contribution < -0.4 is 5.76 Å². The van der Waals surface area contributed by atoms with E-state index in [0.717, 1.165) is 30.7 Å². The summed E-state index contributed by atoms with van der Waals surface area (Å²) in [5.74, 6) is 0.597. The summed E-state index contributed by atoms with van der Waals surface area (Å²) in [6, 6.07) is 0. The van der Waals surface area contributed by atoms with Crippen LogP contribution >= 0.6 is 0 Å². The maximum absolute atomic E-state index is 11.1. The zero-order valence-electron chi connectivity index (χ0n) is 7.89. The van der Waals surface area contributed by atoms with Crippen molar-refractivity contribution in [3.8, 4) is 0 Å².